The molecule has 2 rings (SSSR count). The van der Waals surface area contributed by atoms with Crippen molar-refractivity contribution in [2.75, 3.05) is 17.1 Å². The van der Waals surface area contributed by atoms with Crippen molar-refractivity contribution in [2.24, 2.45) is 5.10 Å². The summed E-state index contributed by atoms with van der Waals surface area (Å²) in [5.74, 6) is -0.821. The van der Waals surface area contributed by atoms with Gasteiger partial charge in [0.15, 0.2) is 0 Å². The molecule has 1 amide bonds. The van der Waals surface area contributed by atoms with Gasteiger partial charge >= 0.3 is 6.18 Å². The molecular formula is C20H21ClF3N3O3S. The maximum atomic E-state index is 13.0. The number of benzene rings is 2. The van der Waals surface area contributed by atoms with Crippen LogP contribution in [0.5, 0.6) is 0 Å². The maximum Gasteiger partial charge on any atom is 0.416 e. The largest absolute Gasteiger partial charge is 0.416 e. The predicted molar refractivity (Wildman–Crippen MR) is 115 cm³/mol. The fraction of sp³-hybridized carbons (Fsp3) is 0.300. The Morgan fingerprint density at radius 3 is 2.39 bits per heavy atom. The second-order valence-electron chi connectivity index (χ2n) is 6.80. The van der Waals surface area contributed by atoms with E-state index in [0.717, 1.165) is 24.0 Å². The van der Waals surface area contributed by atoms with E-state index in [0.29, 0.717) is 28.9 Å². The van der Waals surface area contributed by atoms with Gasteiger partial charge in [0, 0.05) is 5.71 Å². The summed E-state index contributed by atoms with van der Waals surface area (Å²) in [4.78, 5) is 12.3. The number of anilines is 1. The number of hydrazone groups is 1. The van der Waals surface area contributed by atoms with Gasteiger partial charge in [0.1, 0.15) is 6.54 Å². The summed E-state index contributed by atoms with van der Waals surface area (Å²) in [7, 11) is -4.11. The second kappa shape index (κ2) is 10.1. The second-order valence-corrected chi connectivity index (χ2v) is 9.12. The minimum Gasteiger partial charge on any atom is -0.271 e. The molecule has 0 unspecified atom stereocenters. The van der Waals surface area contributed by atoms with Crippen molar-refractivity contribution in [2.45, 2.75) is 25.9 Å². The summed E-state index contributed by atoms with van der Waals surface area (Å²) >= 11 is 5.92. The van der Waals surface area contributed by atoms with E-state index in [1.54, 1.807) is 6.92 Å². The Bertz CT molecular complexity index is 1060. The van der Waals surface area contributed by atoms with E-state index in [2.05, 4.69) is 10.5 Å². The van der Waals surface area contributed by atoms with Gasteiger partial charge in [-0.3, -0.25) is 9.10 Å². The van der Waals surface area contributed by atoms with Gasteiger partial charge in [-0.25, -0.2) is 13.8 Å². The molecule has 0 atom stereocenters. The molecule has 0 saturated heterocycles. The zero-order chi connectivity index (χ0) is 23.2. The van der Waals surface area contributed by atoms with Crippen LogP contribution in [0, 0.1) is 0 Å². The first-order valence-corrected chi connectivity index (χ1v) is 11.3. The van der Waals surface area contributed by atoms with Crippen LogP contribution in [-0.2, 0) is 27.4 Å². The minimum atomic E-state index is -4.70. The minimum absolute atomic E-state index is 0.242. The Balaban J connectivity index is 2.12. The van der Waals surface area contributed by atoms with Crippen molar-refractivity contribution < 1.29 is 26.4 Å². The van der Waals surface area contributed by atoms with Crippen LogP contribution in [0.3, 0.4) is 0 Å². The number of nitrogens with zero attached hydrogens (tertiary/aromatic N) is 2. The molecular weight excluding hydrogens is 455 g/mol. The smallest absolute Gasteiger partial charge is 0.271 e. The van der Waals surface area contributed by atoms with Crippen LogP contribution in [0.4, 0.5) is 18.9 Å². The average Bonchev–Trinajstić information content (AvgIpc) is 2.68. The predicted octanol–water partition coefficient (Wildman–Crippen LogP) is 4.25. The van der Waals surface area contributed by atoms with Gasteiger partial charge in [-0.15, -0.1) is 0 Å². The summed E-state index contributed by atoms with van der Waals surface area (Å²) in [5.41, 5.74) is 2.39. The van der Waals surface area contributed by atoms with Crippen LogP contribution in [0.1, 0.15) is 24.5 Å². The van der Waals surface area contributed by atoms with Crippen molar-refractivity contribution >= 4 is 38.9 Å². The van der Waals surface area contributed by atoms with Crippen LogP contribution in [0.15, 0.2) is 53.6 Å². The van der Waals surface area contributed by atoms with Crippen LogP contribution in [-0.4, -0.2) is 32.8 Å². The lowest BCUT2D eigenvalue weighted by molar-refractivity contribution is -0.137. The molecule has 0 heterocycles. The van der Waals surface area contributed by atoms with Crippen molar-refractivity contribution in [1.82, 2.24) is 5.43 Å². The standard InChI is InChI=1S/C20H21ClF3N3O3S/c1-14(8-9-15-6-4-3-5-7-15)25-26-19(28)13-27(31(2,29)30)18-12-16(20(22,23)24)10-11-17(18)21/h3-7,10-12H,8-9,13H2,1-2H3,(H,26,28). The van der Waals surface area contributed by atoms with Crippen molar-refractivity contribution in [3.8, 4) is 0 Å². The highest BCUT2D eigenvalue weighted by atomic mass is 35.5. The number of halogens is 4. The van der Waals surface area contributed by atoms with Gasteiger partial charge in [-0.05, 0) is 43.5 Å². The Morgan fingerprint density at radius 2 is 1.81 bits per heavy atom. The Labute approximate surface area is 183 Å². The number of hydrogen-bond acceptors (Lipinski definition) is 4. The molecule has 0 saturated carbocycles. The summed E-state index contributed by atoms with van der Waals surface area (Å²) in [6.07, 6.45) is -2.68. The topological polar surface area (TPSA) is 78.8 Å². The number of sulfonamides is 1. The lowest BCUT2D eigenvalue weighted by Gasteiger charge is -2.23. The van der Waals surface area contributed by atoms with Gasteiger partial charge in [0.2, 0.25) is 10.0 Å². The molecule has 1 N–H and O–H groups in total. The van der Waals surface area contributed by atoms with Crippen molar-refractivity contribution in [1.29, 1.82) is 0 Å². The fourth-order valence-corrected chi connectivity index (χ4v) is 3.74. The fourth-order valence-electron chi connectivity index (χ4n) is 2.61. The molecule has 0 spiro atoms. The van der Waals surface area contributed by atoms with E-state index in [1.807, 2.05) is 30.3 Å². The molecule has 2 aromatic rings. The maximum absolute atomic E-state index is 13.0. The lowest BCUT2D eigenvalue weighted by Crippen LogP contribution is -2.39. The summed E-state index contributed by atoms with van der Waals surface area (Å²) in [6.45, 7) is 0.913. The first-order chi connectivity index (χ1) is 14.4. The van der Waals surface area contributed by atoms with Gasteiger partial charge in [0.05, 0.1) is 22.5 Å². The molecule has 0 aliphatic rings. The third kappa shape index (κ3) is 7.55. The van der Waals surface area contributed by atoms with Crippen molar-refractivity contribution in [3.05, 3.63) is 64.7 Å². The quantitative estimate of drug-likeness (QED) is 0.458. The molecule has 0 aromatic heterocycles. The third-order valence-corrected chi connectivity index (χ3v) is 5.67. The zero-order valence-corrected chi connectivity index (χ0v) is 18.4. The number of hydrogen-bond donors (Lipinski definition) is 1. The van der Waals surface area contributed by atoms with E-state index >= 15 is 0 Å². The van der Waals surface area contributed by atoms with Crippen molar-refractivity contribution in [3.63, 3.8) is 0 Å². The van der Waals surface area contributed by atoms with Gasteiger partial charge in [0.25, 0.3) is 5.91 Å². The normalized spacial score (nSPS) is 12.5. The first kappa shape index (κ1) is 24.7. The first-order valence-electron chi connectivity index (χ1n) is 9.08. The Hall–Kier alpha value is -2.59. The Kier molecular flexibility index (Phi) is 8.08. The number of nitrogens with one attached hydrogen (secondary N) is 1. The molecule has 0 aliphatic carbocycles. The molecule has 168 valence electrons. The summed E-state index contributed by atoms with van der Waals surface area (Å²) < 4.78 is 63.9. The third-order valence-electron chi connectivity index (χ3n) is 4.22. The number of aryl methyl sites for hydroxylation is 1. The molecule has 2 aromatic carbocycles. The summed E-state index contributed by atoms with van der Waals surface area (Å²) in [6, 6.07) is 11.9. The van der Waals surface area contributed by atoms with Crippen LogP contribution in [0.25, 0.3) is 0 Å². The van der Waals surface area contributed by atoms with Crippen LogP contribution >= 0.6 is 11.6 Å². The van der Waals surface area contributed by atoms with Crippen LogP contribution in [0.2, 0.25) is 5.02 Å². The van der Waals surface area contributed by atoms with Gasteiger partial charge in [-0.2, -0.15) is 18.3 Å². The number of alkyl halides is 3. The van der Waals surface area contributed by atoms with E-state index in [9.17, 15) is 26.4 Å². The molecule has 11 heteroatoms. The lowest BCUT2D eigenvalue weighted by atomic mass is 10.1. The van der Waals surface area contributed by atoms with Crippen LogP contribution < -0.4 is 9.73 Å². The highest BCUT2D eigenvalue weighted by Crippen LogP contribution is 2.36. The van der Waals surface area contributed by atoms with E-state index in [-0.39, 0.29) is 5.02 Å². The number of carbonyl (C=O) groups excluding carboxylic acids is 1. The van der Waals surface area contributed by atoms with Gasteiger partial charge < -0.3 is 0 Å². The number of rotatable bonds is 8. The van der Waals surface area contributed by atoms with E-state index in [1.165, 1.54) is 0 Å². The molecule has 0 radical (unpaired) electrons. The SMILES string of the molecule is CC(CCc1ccccc1)=NNC(=O)CN(c1cc(C(F)(F)F)ccc1Cl)S(C)(=O)=O. The summed E-state index contributed by atoms with van der Waals surface area (Å²) in [5, 5.41) is 3.69. The highest BCUT2D eigenvalue weighted by molar-refractivity contribution is 7.92. The monoisotopic (exact) mass is 475 g/mol. The number of amides is 1. The molecule has 0 bridgehead atoms. The van der Waals surface area contributed by atoms with E-state index in [4.69, 9.17) is 11.6 Å². The zero-order valence-electron chi connectivity index (χ0n) is 16.8. The molecule has 31 heavy (non-hydrogen) atoms. The molecule has 0 fully saturated rings. The average molecular weight is 476 g/mol. The number of carbonyl (C=O) groups is 1. The molecule has 0 aliphatic heterocycles. The molecule has 6 nitrogen and oxygen atoms in total. The highest BCUT2D eigenvalue weighted by Gasteiger charge is 2.33. The Morgan fingerprint density at radius 1 is 1.16 bits per heavy atom. The van der Waals surface area contributed by atoms with E-state index < -0.39 is 39.9 Å². The van der Waals surface area contributed by atoms with Gasteiger partial charge in [-0.1, -0.05) is 41.9 Å².